The fourth-order valence-electron chi connectivity index (χ4n) is 2.31. The second kappa shape index (κ2) is 12.1. The summed E-state index contributed by atoms with van der Waals surface area (Å²) in [7, 11) is -0.373. The molecule has 1 unspecified atom stereocenters. The summed E-state index contributed by atoms with van der Waals surface area (Å²) in [5.41, 5.74) is -0.973. The molecule has 0 heterocycles. The predicted octanol–water partition coefficient (Wildman–Crippen LogP) is 4.09. The fourth-order valence-corrected chi connectivity index (χ4v) is 3.67. The Morgan fingerprint density at radius 1 is 0.857 bits per heavy atom. The van der Waals surface area contributed by atoms with Crippen LogP contribution < -0.4 is 5.32 Å². The van der Waals surface area contributed by atoms with Crippen LogP contribution in [0.5, 0.6) is 0 Å². The van der Waals surface area contributed by atoms with E-state index in [1.807, 2.05) is 27.7 Å². The number of carbonyl (C=O) groups is 2. The van der Waals surface area contributed by atoms with Crippen molar-refractivity contribution >= 4 is 19.9 Å². The molecule has 1 atom stereocenters. The molecule has 0 aromatic heterocycles. The lowest BCUT2D eigenvalue weighted by Gasteiger charge is -2.32. The first-order chi connectivity index (χ1) is 12.6. The highest BCUT2D eigenvalue weighted by Gasteiger charge is 2.24. The first kappa shape index (κ1) is 27.2. The zero-order valence-electron chi connectivity index (χ0n) is 18.6. The van der Waals surface area contributed by atoms with Gasteiger partial charge < -0.3 is 25.0 Å². The molecule has 0 spiro atoms. The lowest BCUT2D eigenvalue weighted by Crippen LogP contribution is -2.41. The molecule has 0 aromatic carbocycles. The van der Waals surface area contributed by atoms with Gasteiger partial charge in [-0.2, -0.15) is 0 Å². The third kappa shape index (κ3) is 15.2. The van der Waals surface area contributed by atoms with Crippen LogP contribution in [-0.2, 0) is 19.1 Å². The van der Waals surface area contributed by atoms with Gasteiger partial charge in [0.05, 0.1) is 17.6 Å². The summed E-state index contributed by atoms with van der Waals surface area (Å²) in [5.74, 6) is -1.60. The number of aliphatic carboxylic acids is 2. The van der Waals surface area contributed by atoms with Gasteiger partial charge in [0.25, 0.3) is 0 Å². The Balaban J connectivity index is 4.16. The number of ether oxygens (including phenoxy) is 2. The molecule has 0 saturated heterocycles. The molecule has 3 N–H and O–H groups in total. The van der Waals surface area contributed by atoms with Gasteiger partial charge in [0.2, 0.25) is 0 Å². The molecule has 0 amide bonds. The molecule has 8 heteroatoms. The minimum Gasteiger partial charge on any atom is -0.481 e. The van der Waals surface area contributed by atoms with Crippen LogP contribution in [0.1, 0.15) is 73.6 Å². The molecular weight excluding hydrogens is 381 g/mol. The van der Waals surface area contributed by atoms with E-state index in [1.165, 1.54) is 0 Å². The quantitative estimate of drug-likeness (QED) is 0.322. The average molecular weight is 422 g/mol. The van der Waals surface area contributed by atoms with Crippen LogP contribution in [0.2, 0.25) is 0 Å². The van der Waals surface area contributed by atoms with E-state index in [4.69, 9.17) is 19.7 Å². The first-order valence-electron chi connectivity index (χ1n) is 9.79. The van der Waals surface area contributed by atoms with Gasteiger partial charge in [-0.3, -0.25) is 9.59 Å². The number of hydrogen-bond donors (Lipinski definition) is 3. The van der Waals surface area contributed by atoms with Crippen molar-refractivity contribution in [3.8, 4) is 0 Å². The molecule has 0 fully saturated rings. The lowest BCUT2D eigenvalue weighted by atomic mass is 10.0. The topological polar surface area (TPSA) is 105 Å². The maximum atomic E-state index is 10.7. The Labute approximate surface area is 171 Å². The molecule has 0 rings (SSSR count). The number of hydrogen-bond acceptors (Lipinski definition) is 5. The van der Waals surface area contributed by atoms with E-state index in [9.17, 15) is 9.59 Å². The smallest absolute Gasteiger partial charge is 0.303 e. The van der Waals surface area contributed by atoms with Crippen molar-refractivity contribution in [1.29, 1.82) is 0 Å². The van der Waals surface area contributed by atoms with Gasteiger partial charge in [-0.25, -0.2) is 0 Å². The van der Waals surface area contributed by atoms with Crippen molar-refractivity contribution < 1.29 is 29.3 Å². The molecule has 28 heavy (non-hydrogen) atoms. The molecule has 0 radical (unpaired) electrons. The van der Waals surface area contributed by atoms with Crippen LogP contribution in [0.3, 0.4) is 0 Å². The summed E-state index contributed by atoms with van der Waals surface area (Å²) in [5, 5.41) is 21.2. The largest absolute Gasteiger partial charge is 0.481 e. The number of nitrogens with one attached hydrogen (secondary N) is 1. The van der Waals surface area contributed by atoms with Crippen LogP contribution in [0.15, 0.2) is 0 Å². The highest BCUT2D eigenvalue weighted by molar-refractivity contribution is 7.56. The zero-order chi connectivity index (χ0) is 22.0. The van der Waals surface area contributed by atoms with Crippen molar-refractivity contribution in [3.05, 3.63) is 0 Å². The predicted molar refractivity (Wildman–Crippen MR) is 113 cm³/mol. The van der Waals surface area contributed by atoms with Crippen molar-refractivity contribution in [2.45, 2.75) is 90.4 Å². The van der Waals surface area contributed by atoms with E-state index in [-0.39, 0.29) is 26.3 Å². The standard InChI is InChI=1S/C20H40NO6P/c1-18(2,12-13-26-19(3,4)10-8-16(22)23)21-14-28(7)15-27-20(5,6)11-9-17(24)25/h21H,8-15H2,1-7H3,(H,22,23)(H,24,25). The Kier molecular flexibility index (Phi) is 11.7. The van der Waals surface area contributed by atoms with E-state index in [0.29, 0.717) is 25.8 Å². The second-order valence-corrected chi connectivity index (χ2v) is 11.5. The molecule has 0 bridgehead atoms. The fraction of sp³-hybridized carbons (Fsp3) is 0.900. The molecule has 7 nitrogen and oxygen atoms in total. The molecule has 0 saturated carbocycles. The maximum Gasteiger partial charge on any atom is 0.303 e. The molecule has 0 aliphatic rings. The van der Waals surface area contributed by atoms with Crippen LogP contribution in [0, 0.1) is 0 Å². The van der Waals surface area contributed by atoms with Gasteiger partial charge in [0.1, 0.15) is 0 Å². The average Bonchev–Trinajstić information content (AvgIpc) is 2.55. The van der Waals surface area contributed by atoms with Crippen molar-refractivity contribution in [2.24, 2.45) is 0 Å². The van der Waals surface area contributed by atoms with Gasteiger partial charge in [0.15, 0.2) is 0 Å². The summed E-state index contributed by atoms with van der Waals surface area (Å²) in [6, 6.07) is 0. The van der Waals surface area contributed by atoms with Crippen LogP contribution in [0.25, 0.3) is 0 Å². The highest BCUT2D eigenvalue weighted by Crippen LogP contribution is 2.33. The van der Waals surface area contributed by atoms with E-state index in [2.05, 4.69) is 25.8 Å². The Hall–Kier alpha value is -0.750. The minimum atomic E-state index is -0.802. The first-order valence-corrected chi connectivity index (χ1v) is 12.0. The number of carboxylic acid groups (broad SMARTS) is 2. The van der Waals surface area contributed by atoms with Gasteiger partial charge in [-0.05, 0) is 67.5 Å². The van der Waals surface area contributed by atoms with Crippen molar-refractivity contribution in [3.63, 3.8) is 0 Å². The number of carboxylic acids is 2. The second-order valence-electron chi connectivity index (χ2n) is 9.25. The van der Waals surface area contributed by atoms with Gasteiger partial charge in [-0.1, -0.05) is 7.92 Å². The Morgan fingerprint density at radius 2 is 1.32 bits per heavy atom. The number of rotatable bonds is 16. The van der Waals surface area contributed by atoms with E-state index < -0.39 is 23.1 Å². The molecular formula is C20H40NO6P. The van der Waals surface area contributed by atoms with Gasteiger partial charge in [0, 0.05) is 31.3 Å². The Bertz CT molecular complexity index is 493. The van der Waals surface area contributed by atoms with Crippen molar-refractivity contribution in [2.75, 3.05) is 25.9 Å². The van der Waals surface area contributed by atoms with E-state index in [0.717, 1.165) is 12.7 Å². The van der Waals surface area contributed by atoms with Crippen molar-refractivity contribution in [1.82, 2.24) is 5.32 Å². The van der Waals surface area contributed by atoms with Gasteiger partial charge >= 0.3 is 11.9 Å². The third-order valence-corrected chi connectivity index (χ3v) is 5.87. The molecule has 0 aliphatic carbocycles. The highest BCUT2D eigenvalue weighted by atomic mass is 31.1. The zero-order valence-corrected chi connectivity index (χ0v) is 19.5. The minimum absolute atomic E-state index is 0.0989. The summed E-state index contributed by atoms with van der Waals surface area (Å²) in [6.45, 7) is 14.7. The molecule has 0 aromatic rings. The van der Waals surface area contributed by atoms with Crippen LogP contribution in [0.4, 0.5) is 0 Å². The SMILES string of the molecule is CP(CNC(C)(C)CCOC(C)(C)CCC(=O)O)COC(C)(C)CCC(=O)O. The summed E-state index contributed by atoms with van der Waals surface area (Å²) in [4.78, 5) is 21.4. The monoisotopic (exact) mass is 421 g/mol. The van der Waals surface area contributed by atoms with Gasteiger partial charge in [-0.15, -0.1) is 0 Å². The maximum absolute atomic E-state index is 10.7. The van der Waals surface area contributed by atoms with Crippen LogP contribution in [-0.4, -0.2) is 64.8 Å². The van der Waals surface area contributed by atoms with E-state index >= 15 is 0 Å². The normalized spacial score (nSPS) is 14.1. The molecule has 0 aliphatic heterocycles. The Morgan fingerprint density at radius 3 is 1.79 bits per heavy atom. The van der Waals surface area contributed by atoms with E-state index in [1.54, 1.807) is 0 Å². The third-order valence-electron chi connectivity index (χ3n) is 4.60. The summed E-state index contributed by atoms with van der Waals surface area (Å²) >= 11 is 0. The van der Waals surface area contributed by atoms with Crippen LogP contribution >= 0.6 is 7.92 Å². The summed E-state index contributed by atoms with van der Waals surface area (Å²) < 4.78 is 11.8. The summed E-state index contributed by atoms with van der Waals surface area (Å²) in [6.07, 6.45) is 3.51. The molecule has 166 valence electrons. The lowest BCUT2D eigenvalue weighted by molar-refractivity contribution is -0.139.